The third-order valence-corrected chi connectivity index (χ3v) is 3.49. The highest BCUT2D eigenvalue weighted by Gasteiger charge is 2.22. The Labute approximate surface area is 101 Å². The summed E-state index contributed by atoms with van der Waals surface area (Å²) in [6.07, 6.45) is 1.06. The molecule has 2 N–H and O–H groups in total. The Morgan fingerprint density at radius 3 is 3.00 bits per heavy atom. The highest BCUT2D eigenvalue weighted by Crippen LogP contribution is 2.29. The van der Waals surface area contributed by atoms with Crippen molar-refractivity contribution in [3.63, 3.8) is 0 Å². The maximum Gasteiger partial charge on any atom is 0.0670 e. The predicted octanol–water partition coefficient (Wildman–Crippen LogP) is 2.02. The fourth-order valence-electron chi connectivity index (χ4n) is 2.10. The highest BCUT2D eigenvalue weighted by molar-refractivity contribution is 6.31. The van der Waals surface area contributed by atoms with Crippen LogP contribution in [0.1, 0.15) is 12.0 Å². The fraction of sp³-hybridized carbons (Fsp3) is 0.500. The lowest BCUT2D eigenvalue weighted by Gasteiger charge is -2.27. The Hall–Kier alpha value is -0.770. The summed E-state index contributed by atoms with van der Waals surface area (Å²) in [6.45, 7) is 2.09. The number of anilines is 1. The molecule has 2 rings (SSSR count). The van der Waals surface area contributed by atoms with Crippen molar-refractivity contribution >= 4 is 17.3 Å². The van der Waals surface area contributed by atoms with E-state index in [1.165, 1.54) is 0 Å². The molecule has 3 nitrogen and oxygen atoms in total. The molecule has 1 aliphatic rings. The van der Waals surface area contributed by atoms with E-state index in [-0.39, 0.29) is 0 Å². The van der Waals surface area contributed by atoms with E-state index in [0.29, 0.717) is 12.6 Å². The third kappa shape index (κ3) is 2.17. The minimum atomic E-state index is 0.434. The summed E-state index contributed by atoms with van der Waals surface area (Å²) in [4.78, 5) is 2.22. The van der Waals surface area contributed by atoms with Crippen molar-refractivity contribution in [3.05, 3.63) is 28.8 Å². The van der Waals surface area contributed by atoms with Gasteiger partial charge in [0.25, 0.3) is 0 Å². The first-order chi connectivity index (χ1) is 7.74. The first-order valence-corrected chi connectivity index (χ1v) is 5.90. The molecule has 1 fully saturated rings. The molecule has 16 heavy (non-hydrogen) atoms. The van der Waals surface area contributed by atoms with Crippen LogP contribution in [0, 0.1) is 0 Å². The summed E-state index contributed by atoms with van der Waals surface area (Å²) in [6, 6.07) is 6.34. The van der Waals surface area contributed by atoms with Gasteiger partial charge in [0, 0.05) is 36.5 Å². The Bertz CT molecular complexity index is 364. The molecule has 1 unspecified atom stereocenters. The molecule has 4 heteroatoms. The molecular formula is C12H17ClN2O. The van der Waals surface area contributed by atoms with Crippen molar-refractivity contribution < 1.29 is 4.74 Å². The van der Waals surface area contributed by atoms with Crippen LogP contribution in [0.5, 0.6) is 0 Å². The lowest BCUT2D eigenvalue weighted by Crippen LogP contribution is -2.32. The monoisotopic (exact) mass is 240 g/mol. The molecule has 1 atom stereocenters. The van der Waals surface area contributed by atoms with Crippen LogP contribution < -0.4 is 10.6 Å². The smallest absolute Gasteiger partial charge is 0.0670 e. The molecule has 0 spiro atoms. The van der Waals surface area contributed by atoms with E-state index in [1.54, 1.807) is 0 Å². The largest absolute Gasteiger partial charge is 0.379 e. The molecule has 0 amide bonds. The van der Waals surface area contributed by atoms with E-state index in [1.807, 2.05) is 12.1 Å². The zero-order valence-electron chi connectivity index (χ0n) is 9.45. The summed E-state index contributed by atoms with van der Waals surface area (Å²) >= 11 is 6.14. The van der Waals surface area contributed by atoms with Gasteiger partial charge < -0.3 is 15.4 Å². The summed E-state index contributed by atoms with van der Waals surface area (Å²) in [7, 11) is 2.07. The molecule has 1 saturated heterocycles. The van der Waals surface area contributed by atoms with E-state index < -0.39 is 0 Å². The zero-order valence-corrected chi connectivity index (χ0v) is 10.2. The van der Waals surface area contributed by atoms with Crippen molar-refractivity contribution in [2.24, 2.45) is 5.73 Å². The van der Waals surface area contributed by atoms with Crippen LogP contribution in [0.15, 0.2) is 18.2 Å². The van der Waals surface area contributed by atoms with Gasteiger partial charge in [0.15, 0.2) is 0 Å². The lowest BCUT2D eigenvalue weighted by atomic mass is 10.1. The minimum Gasteiger partial charge on any atom is -0.379 e. The second kappa shape index (κ2) is 5.04. The zero-order chi connectivity index (χ0) is 11.5. The average Bonchev–Trinajstić information content (AvgIpc) is 2.81. The normalized spacial score (nSPS) is 20.1. The molecular weight excluding hydrogens is 224 g/mol. The Balaban J connectivity index is 2.27. The van der Waals surface area contributed by atoms with E-state index >= 15 is 0 Å². The first-order valence-electron chi connectivity index (χ1n) is 5.52. The number of ether oxygens (including phenoxy) is 1. The third-order valence-electron chi connectivity index (χ3n) is 3.13. The first kappa shape index (κ1) is 11.7. The van der Waals surface area contributed by atoms with E-state index in [0.717, 1.165) is 35.9 Å². The lowest BCUT2D eigenvalue weighted by molar-refractivity contribution is 0.193. The fourth-order valence-corrected chi connectivity index (χ4v) is 2.35. The quantitative estimate of drug-likeness (QED) is 0.879. The van der Waals surface area contributed by atoms with Gasteiger partial charge in [-0.25, -0.2) is 0 Å². The maximum absolute atomic E-state index is 6.14. The number of benzene rings is 1. The Morgan fingerprint density at radius 2 is 2.38 bits per heavy atom. The molecule has 0 aromatic heterocycles. The van der Waals surface area contributed by atoms with Crippen molar-refractivity contribution in [2.75, 3.05) is 25.2 Å². The molecule has 1 aliphatic heterocycles. The van der Waals surface area contributed by atoms with Gasteiger partial charge in [-0.3, -0.25) is 0 Å². The van der Waals surface area contributed by atoms with Crippen molar-refractivity contribution in [1.82, 2.24) is 0 Å². The van der Waals surface area contributed by atoms with Crippen molar-refractivity contribution in [2.45, 2.75) is 19.0 Å². The summed E-state index contributed by atoms with van der Waals surface area (Å²) < 4.78 is 5.40. The molecule has 1 aromatic rings. The van der Waals surface area contributed by atoms with Gasteiger partial charge in [0.05, 0.1) is 12.6 Å². The number of nitrogens with zero attached hydrogens (tertiary/aromatic N) is 1. The Kier molecular flexibility index (Phi) is 3.69. The van der Waals surface area contributed by atoms with Gasteiger partial charge in [-0.05, 0) is 18.6 Å². The highest BCUT2D eigenvalue weighted by atomic mass is 35.5. The predicted molar refractivity (Wildman–Crippen MR) is 67.0 cm³/mol. The molecule has 0 saturated carbocycles. The molecule has 1 heterocycles. The number of hydrogen-bond acceptors (Lipinski definition) is 3. The van der Waals surface area contributed by atoms with Crippen LogP contribution in [0.2, 0.25) is 5.02 Å². The Morgan fingerprint density at radius 1 is 1.56 bits per heavy atom. The number of halogens is 1. The van der Waals surface area contributed by atoms with E-state index in [4.69, 9.17) is 22.1 Å². The summed E-state index contributed by atoms with van der Waals surface area (Å²) in [5.41, 5.74) is 7.87. The van der Waals surface area contributed by atoms with Gasteiger partial charge >= 0.3 is 0 Å². The minimum absolute atomic E-state index is 0.434. The SMILES string of the molecule is CN(c1cccc(Cl)c1CN)C1CCOC1. The summed E-state index contributed by atoms with van der Waals surface area (Å²) in [5, 5.41) is 0.741. The molecule has 0 radical (unpaired) electrons. The van der Waals surface area contributed by atoms with Crippen LogP contribution in [-0.4, -0.2) is 26.3 Å². The van der Waals surface area contributed by atoms with Gasteiger partial charge in [0.2, 0.25) is 0 Å². The van der Waals surface area contributed by atoms with Gasteiger partial charge in [0.1, 0.15) is 0 Å². The van der Waals surface area contributed by atoms with Gasteiger partial charge in [-0.1, -0.05) is 17.7 Å². The van der Waals surface area contributed by atoms with Crippen LogP contribution in [0.4, 0.5) is 5.69 Å². The molecule has 0 bridgehead atoms. The average molecular weight is 241 g/mol. The number of nitrogens with two attached hydrogens (primary N) is 1. The second-order valence-electron chi connectivity index (χ2n) is 4.07. The number of rotatable bonds is 3. The van der Waals surface area contributed by atoms with Crippen LogP contribution in [-0.2, 0) is 11.3 Å². The standard InChI is InChI=1S/C12H17ClN2O/c1-15(9-5-6-16-8-9)12-4-2-3-11(13)10(12)7-14/h2-4,9H,5-8,14H2,1H3. The van der Waals surface area contributed by atoms with Crippen molar-refractivity contribution in [3.8, 4) is 0 Å². The van der Waals surface area contributed by atoms with Crippen LogP contribution >= 0.6 is 11.6 Å². The van der Waals surface area contributed by atoms with E-state index in [2.05, 4.69) is 18.0 Å². The van der Waals surface area contributed by atoms with Crippen molar-refractivity contribution in [1.29, 1.82) is 0 Å². The number of hydrogen-bond donors (Lipinski definition) is 1. The van der Waals surface area contributed by atoms with Crippen LogP contribution in [0.3, 0.4) is 0 Å². The molecule has 0 aliphatic carbocycles. The molecule has 1 aromatic carbocycles. The maximum atomic E-state index is 6.14. The van der Waals surface area contributed by atoms with Crippen LogP contribution in [0.25, 0.3) is 0 Å². The topological polar surface area (TPSA) is 38.5 Å². The summed E-state index contributed by atoms with van der Waals surface area (Å²) in [5.74, 6) is 0. The van der Waals surface area contributed by atoms with E-state index in [9.17, 15) is 0 Å². The van der Waals surface area contributed by atoms with Gasteiger partial charge in [-0.2, -0.15) is 0 Å². The molecule has 88 valence electrons. The second-order valence-corrected chi connectivity index (χ2v) is 4.48. The number of likely N-dealkylation sites (N-methyl/N-ethyl adjacent to an activating group) is 1. The van der Waals surface area contributed by atoms with Gasteiger partial charge in [-0.15, -0.1) is 0 Å².